The van der Waals surface area contributed by atoms with Gasteiger partial charge < -0.3 is 5.32 Å². The third kappa shape index (κ3) is 2.73. The van der Waals surface area contributed by atoms with Crippen LogP contribution in [-0.4, -0.2) is 16.9 Å². The number of para-hydroxylation sites is 1. The predicted molar refractivity (Wildman–Crippen MR) is 91.9 cm³/mol. The number of anilines is 1. The number of hydrogen-bond acceptors (Lipinski definition) is 3. The molecule has 0 bridgehead atoms. The molecule has 0 fully saturated rings. The van der Waals surface area contributed by atoms with E-state index in [4.69, 9.17) is 0 Å². The topological polar surface area (TPSA) is 37.3 Å². The summed E-state index contributed by atoms with van der Waals surface area (Å²) < 4.78 is 40.8. The molecule has 1 aliphatic rings. The van der Waals surface area contributed by atoms with Gasteiger partial charge in [-0.1, -0.05) is 48.0 Å². The highest BCUT2D eigenvalue weighted by molar-refractivity contribution is 6.14. The second kappa shape index (κ2) is 5.58. The zero-order chi connectivity index (χ0) is 17.6. The maximum atomic E-state index is 13.6. The molecule has 1 unspecified atom stereocenters. The number of nitrogens with zero attached hydrogens (tertiary/aromatic N) is 2. The first-order valence-corrected chi connectivity index (χ1v) is 7.80. The van der Waals surface area contributed by atoms with E-state index in [0.717, 1.165) is 5.56 Å². The second-order valence-corrected chi connectivity index (χ2v) is 6.00. The first-order chi connectivity index (χ1) is 11.9. The Balaban J connectivity index is 1.93. The summed E-state index contributed by atoms with van der Waals surface area (Å²) in [5, 5.41) is 3.80. The van der Waals surface area contributed by atoms with Crippen LogP contribution >= 0.6 is 0 Å². The van der Waals surface area contributed by atoms with Crippen molar-refractivity contribution in [3.63, 3.8) is 0 Å². The van der Waals surface area contributed by atoms with Crippen molar-refractivity contribution in [3.05, 3.63) is 71.4 Å². The van der Waals surface area contributed by atoms with E-state index in [0.29, 0.717) is 22.2 Å². The average Bonchev–Trinajstić information content (AvgIpc) is 2.60. The molecule has 0 amide bonds. The zero-order valence-electron chi connectivity index (χ0n) is 13.3. The van der Waals surface area contributed by atoms with Crippen LogP contribution in [0.3, 0.4) is 0 Å². The Bertz CT molecular complexity index is 975. The maximum Gasteiger partial charge on any atom is 0.433 e. The highest BCUT2D eigenvalue weighted by Gasteiger charge is 2.41. The number of aliphatic imine (C=N–C) groups is 1. The van der Waals surface area contributed by atoms with Crippen LogP contribution in [0.5, 0.6) is 0 Å². The quantitative estimate of drug-likeness (QED) is 0.675. The van der Waals surface area contributed by atoms with Crippen molar-refractivity contribution in [2.75, 3.05) is 5.32 Å². The van der Waals surface area contributed by atoms with Crippen LogP contribution in [0.25, 0.3) is 10.9 Å². The van der Waals surface area contributed by atoms with E-state index in [1.165, 1.54) is 6.20 Å². The Hall–Kier alpha value is -2.89. The molecule has 2 heterocycles. The minimum atomic E-state index is -4.55. The number of pyridine rings is 1. The largest absolute Gasteiger partial charge is 0.433 e. The molecule has 1 atom stereocenters. The number of aryl methyl sites for hydroxylation is 1. The minimum absolute atomic E-state index is 0.0189. The van der Waals surface area contributed by atoms with E-state index >= 15 is 0 Å². The van der Waals surface area contributed by atoms with E-state index in [9.17, 15) is 13.2 Å². The summed E-state index contributed by atoms with van der Waals surface area (Å²) in [6.07, 6.45) is -4.11. The molecule has 0 aliphatic carbocycles. The van der Waals surface area contributed by atoms with Crippen molar-refractivity contribution in [2.45, 2.75) is 19.3 Å². The van der Waals surface area contributed by atoms with Crippen LogP contribution in [0.2, 0.25) is 0 Å². The minimum Gasteiger partial charge on any atom is -0.359 e. The summed E-state index contributed by atoms with van der Waals surface area (Å²) in [4.78, 5) is 8.09. The van der Waals surface area contributed by atoms with Crippen LogP contribution in [-0.2, 0) is 0 Å². The standard InChI is InChI=1S/C19H14F3N3/c1-11-6-8-12(9-7-11)18-24-16-13-4-2-3-5-15(13)23-10-14(16)17(25-18)19(20,21)22/h2-10,18,24H,1H3. The van der Waals surface area contributed by atoms with Crippen molar-refractivity contribution >= 4 is 22.3 Å². The number of fused-ring (bicyclic) bond motifs is 3. The SMILES string of the molecule is Cc1ccc(C2N=C(C(F)(F)F)c3cnc4ccccc4c3N2)cc1. The lowest BCUT2D eigenvalue weighted by atomic mass is 10.0. The fourth-order valence-corrected chi connectivity index (χ4v) is 2.98. The van der Waals surface area contributed by atoms with Crippen molar-refractivity contribution in [2.24, 2.45) is 4.99 Å². The Kier molecular flexibility index (Phi) is 3.49. The van der Waals surface area contributed by atoms with Crippen LogP contribution in [0, 0.1) is 6.92 Å². The molecule has 1 aliphatic heterocycles. The predicted octanol–water partition coefficient (Wildman–Crippen LogP) is 5.02. The van der Waals surface area contributed by atoms with Crippen molar-refractivity contribution in [1.29, 1.82) is 0 Å². The molecule has 4 rings (SSSR count). The van der Waals surface area contributed by atoms with Crippen molar-refractivity contribution < 1.29 is 13.2 Å². The molecule has 3 aromatic rings. The Morgan fingerprint density at radius 3 is 2.44 bits per heavy atom. The number of nitrogens with one attached hydrogen (secondary N) is 1. The summed E-state index contributed by atoms with van der Waals surface area (Å²) >= 11 is 0. The highest BCUT2D eigenvalue weighted by atomic mass is 19.4. The van der Waals surface area contributed by atoms with Crippen LogP contribution in [0.4, 0.5) is 18.9 Å². The van der Waals surface area contributed by atoms with E-state index < -0.39 is 18.1 Å². The number of halogens is 3. The van der Waals surface area contributed by atoms with Crippen LogP contribution < -0.4 is 5.32 Å². The lowest BCUT2D eigenvalue weighted by molar-refractivity contribution is -0.0585. The van der Waals surface area contributed by atoms with Gasteiger partial charge in [0.1, 0.15) is 6.17 Å². The Morgan fingerprint density at radius 2 is 1.72 bits per heavy atom. The number of benzene rings is 2. The fourth-order valence-electron chi connectivity index (χ4n) is 2.98. The van der Waals surface area contributed by atoms with Crippen molar-refractivity contribution in [1.82, 2.24) is 4.98 Å². The van der Waals surface area contributed by atoms with Crippen molar-refractivity contribution in [3.8, 4) is 0 Å². The lowest BCUT2D eigenvalue weighted by Crippen LogP contribution is -2.31. The van der Waals surface area contributed by atoms with Gasteiger partial charge in [-0.25, -0.2) is 0 Å². The first-order valence-electron chi connectivity index (χ1n) is 7.80. The summed E-state index contributed by atoms with van der Waals surface area (Å²) in [5.74, 6) is 0. The van der Waals surface area contributed by atoms with E-state index in [1.54, 1.807) is 36.4 Å². The molecule has 0 saturated carbocycles. The van der Waals surface area contributed by atoms with Gasteiger partial charge >= 0.3 is 6.18 Å². The number of rotatable bonds is 1. The van der Waals surface area contributed by atoms with Crippen LogP contribution in [0.15, 0.2) is 59.7 Å². The number of hydrogen-bond donors (Lipinski definition) is 1. The van der Waals surface area contributed by atoms with Gasteiger partial charge in [0.05, 0.1) is 11.2 Å². The zero-order valence-corrected chi connectivity index (χ0v) is 13.3. The fraction of sp³-hybridized carbons (Fsp3) is 0.158. The first kappa shape index (κ1) is 15.6. The normalized spacial score (nSPS) is 17.0. The molecule has 0 spiro atoms. The monoisotopic (exact) mass is 341 g/mol. The molecule has 0 saturated heterocycles. The molecular weight excluding hydrogens is 327 g/mol. The Labute approximate surface area is 142 Å². The average molecular weight is 341 g/mol. The van der Waals surface area contributed by atoms with Gasteiger partial charge in [-0.3, -0.25) is 9.98 Å². The second-order valence-electron chi connectivity index (χ2n) is 6.00. The molecule has 1 aromatic heterocycles. The van der Waals surface area contributed by atoms with Gasteiger partial charge in [-0.05, 0) is 18.6 Å². The summed E-state index contributed by atoms with van der Waals surface area (Å²) in [6.45, 7) is 1.93. The number of alkyl halides is 3. The van der Waals surface area contributed by atoms with Gasteiger partial charge in [-0.2, -0.15) is 13.2 Å². The maximum absolute atomic E-state index is 13.6. The van der Waals surface area contributed by atoms with E-state index in [1.807, 2.05) is 19.1 Å². The van der Waals surface area contributed by atoms with Gasteiger partial charge in [0, 0.05) is 17.1 Å². The van der Waals surface area contributed by atoms with E-state index in [-0.39, 0.29) is 5.56 Å². The van der Waals surface area contributed by atoms with Gasteiger partial charge in [0.25, 0.3) is 0 Å². The van der Waals surface area contributed by atoms with Gasteiger partial charge in [0.15, 0.2) is 5.71 Å². The molecule has 3 nitrogen and oxygen atoms in total. The summed E-state index contributed by atoms with van der Waals surface area (Å²) in [7, 11) is 0. The van der Waals surface area contributed by atoms with Crippen LogP contribution in [0.1, 0.15) is 22.9 Å². The molecule has 25 heavy (non-hydrogen) atoms. The van der Waals surface area contributed by atoms with Gasteiger partial charge in [-0.15, -0.1) is 0 Å². The molecule has 1 N–H and O–H groups in total. The molecule has 0 radical (unpaired) electrons. The molecule has 126 valence electrons. The number of aromatic nitrogens is 1. The molecule has 2 aromatic carbocycles. The van der Waals surface area contributed by atoms with Gasteiger partial charge in [0.2, 0.25) is 0 Å². The van der Waals surface area contributed by atoms with E-state index in [2.05, 4.69) is 15.3 Å². The third-order valence-corrected chi connectivity index (χ3v) is 4.23. The molecule has 6 heteroatoms. The third-order valence-electron chi connectivity index (χ3n) is 4.23. The summed E-state index contributed by atoms with van der Waals surface area (Å²) in [5.41, 5.74) is 1.85. The Morgan fingerprint density at radius 1 is 1.00 bits per heavy atom. The smallest absolute Gasteiger partial charge is 0.359 e. The molecular formula is C19H14F3N3. The summed E-state index contributed by atoms with van der Waals surface area (Å²) in [6, 6.07) is 14.4. The lowest BCUT2D eigenvalue weighted by Gasteiger charge is -2.27. The highest BCUT2D eigenvalue weighted by Crippen LogP contribution is 2.38.